The third-order valence-corrected chi connectivity index (χ3v) is 7.60. The molecule has 1 N–H and O–H groups in total. The van der Waals surface area contributed by atoms with E-state index in [-0.39, 0.29) is 29.7 Å². The molecule has 1 saturated carbocycles. The fraction of sp³-hybridized carbons (Fsp3) is 0.600. The second kappa shape index (κ2) is 10.3. The maximum Gasteiger partial charge on any atom is 0.395 e. The number of hydrogen-bond donors (Lipinski definition) is 1. The van der Waals surface area contributed by atoms with Crippen LogP contribution in [0.15, 0.2) is 18.2 Å². The Morgan fingerprint density at radius 2 is 1.91 bits per heavy atom. The van der Waals surface area contributed by atoms with Crippen LogP contribution in [0.25, 0.3) is 11.3 Å². The molecule has 0 atom stereocenters. The van der Waals surface area contributed by atoms with Crippen LogP contribution in [0.1, 0.15) is 50.0 Å². The zero-order valence-corrected chi connectivity index (χ0v) is 21.0. The third-order valence-electron chi connectivity index (χ3n) is 7.25. The number of halogens is 4. The molecule has 1 saturated heterocycles. The van der Waals surface area contributed by atoms with Gasteiger partial charge in [-0.3, -0.25) is 9.48 Å². The molecule has 1 aromatic heterocycles. The third kappa shape index (κ3) is 5.39. The Morgan fingerprint density at radius 1 is 1.23 bits per heavy atom. The quantitative estimate of drug-likeness (QED) is 0.510. The topological polar surface area (TPSA) is 59.4 Å². The van der Waals surface area contributed by atoms with Crippen molar-refractivity contribution in [1.29, 1.82) is 0 Å². The molecule has 1 aromatic carbocycles. The van der Waals surface area contributed by atoms with Gasteiger partial charge in [-0.25, -0.2) is 0 Å². The normalized spacial score (nSPS) is 21.1. The summed E-state index contributed by atoms with van der Waals surface area (Å²) < 4.78 is 45.9. The Bertz CT molecular complexity index is 1060. The number of benzene rings is 1. The van der Waals surface area contributed by atoms with Crippen LogP contribution in [-0.4, -0.2) is 48.6 Å². The monoisotopic (exact) mass is 512 g/mol. The minimum atomic E-state index is -4.19. The van der Waals surface area contributed by atoms with Gasteiger partial charge in [0.15, 0.2) is 5.69 Å². The molecule has 10 heteroatoms. The number of nitrogens with zero attached hydrogens (tertiary/aromatic N) is 3. The van der Waals surface area contributed by atoms with Crippen LogP contribution < -0.4 is 15.0 Å². The Kier molecular flexibility index (Phi) is 7.54. The summed E-state index contributed by atoms with van der Waals surface area (Å²) in [6.07, 6.45) is 0.385. The number of hydrogen-bond acceptors (Lipinski definition) is 4. The van der Waals surface area contributed by atoms with Gasteiger partial charge >= 0.3 is 6.18 Å². The van der Waals surface area contributed by atoms with Crippen LogP contribution in [-0.2, 0) is 6.54 Å². The summed E-state index contributed by atoms with van der Waals surface area (Å²) in [6.45, 7) is 5.08. The van der Waals surface area contributed by atoms with Crippen LogP contribution in [0, 0.1) is 17.8 Å². The highest BCUT2D eigenvalue weighted by molar-refractivity contribution is 6.36. The second-order valence-electron chi connectivity index (χ2n) is 9.69. The largest absolute Gasteiger partial charge is 0.496 e. The number of rotatable bonds is 7. The number of alkyl halides is 3. The van der Waals surface area contributed by atoms with Crippen LogP contribution in [0.5, 0.6) is 5.75 Å². The number of methoxy groups -OCH3 is 1. The van der Waals surface area contributed by atoms with Gasteiger partial charge < -0.3 is 15.0 Å². The maximum absolute atomic E-state index is 12.9. The van der Waals surface area contributed by atoms with Crippen LogP contribution in [0.2, 0.25) is 5.02 Å². The molecule has 192 valence electrons. The van der Waals surface area contributed by atoms with Crippen molar-refractivity contribution in [2.75, 3.05) is 31.6 Å². The number of aromatic nitrogens is 2. The number of amides is 1. The summed E-state index contributed by atoms with van der Waals surface area (Å²) in [5, 5.41) is 7.69. The lowest BCUT2D eigenvalue weighted by Crippen LogP contribution is -2.53. The highest BCUT2D eigenvalue weighted by Crippen LogP contribution is 2.41. The molecule has 1 aliphatic carbocycles. The van der Waals surface area contributed by atoms with Gasteiger partial charge in [0.1, 0.15) is 5.75 Å². The van der Waals surface area contributed by atoms with Crippen molar-refractivity contribution >= 4 is 23.2 Å². The number of ether oxygens (including phenoxy) is 1. The van der Waals surface area contributed by atoms with E-state index in [2.05, 4.69) is 17.3 Å². The lowest BCUT2D eigenvalue weighted by molar-refractivity contribution is -0.180. The average Bonchev–Trinajstić information content (AvgIpc) is 3.12. The molecule has 0 radical (unpaired) electrons. The summed E-state index contributed by atoms with van der Waals surface area (Å²) in [5.74, 6) is 0.0388. The first-order valence-corrected chi connectivity index (χ1v) is 12.5. The molecule has 2 aliphatic rings. The first kappa shape index (κ1) is 25.7. The Labute approximate surface area is 208 Å². The first-order valence-electron chi connectivity index (χ1n) is 12.2. The fourth-order valence-corrected chi connectivity index (χ4v) is 5.22. The van der Waals surface area contributed by atoms with Gasteiger partial charge in [-0.1, -0.05) is 31.4 Å². The number of carbonyl (C=O) groups is 1. The summed E-state index contributed by atoms with van der Waals surface area (Å²) >= 11 is 6.68. The SMILES string of the molecule is CCn1nc(C(=O)NCC2CCC(C)CC2)c(Cl)c1-c1ccc(N2CC(C(F)(F)F)C2)cc1OC. The minimum absolute atomic E-state index is 0.0795. The molecule has 0 unspecified atom stereocenters. The number of nitrogens with one attached hydrogen (secondary N) is 1. The molecule has 2 aromatic rings. The van der Waals surface area contributed by atoms with Crippen molar-refractivity contribution in [1.82, 2.24) is 15.1 Å². The van der Waals surface area contributed by atoms with Crippen molar-refractivity contribution in [3.05, 3.63) is 28.9 Å². The average molecular weight is 513 g/mol. The molecule has 0 bridgehead atoms. The Balaban J connectivity index is 1.53. The Hall–Kier alpha value is -2.42. The van der Waals surface area contributed by atoms with E-state index < -0.39 is 12.1 Å². The van der Waals surface area contributed by atoms with Gasteiger partial charge in [0.05, 0.1) is 23.7 Å². The van der Waals surface area contributed by atoms with E-state index in [1.165, 1.54) is 20.0 Å². The first-order chi connectivity index (χ1) is 16.6. The summed E-state index contributed by atoms with van der Waals surface area (Å²) in [5.41, 5.74) is 1.98. The molecule has 6 nitrogen and oxygen atoms in total. The van der Waals surface area contributed by atoms with Gasteiger partial charge in [0.25, 0.3) is 5.91 Å². The van der Waals surface area contributed by atoms with Crippen LogP contribution in [0.4, 0.5) is 18.9 Å². The standard InChI is InChI=1S/C25H32ClF3N4O2/c1-4-33-23(21(26)22(31-33)24(34)30-12-16-7-5-15(2)6-8-16)19-10-9-18(11-20(19)35-3)32-13-17(14-32)25(27,28)29/h9-11,15-17H,4-8,12-14H2,1-3H3,(H,30,34). The van der Waals surface area contributed by atoms with E-state index in [1.54, 1.807) is 27.8 Å². The van der Waals surface area contributed by atoms with Crippen molar-refractivity contribution in [3.63, 3.8) is 0 Å². The van der Waals surface area contributed by atoms with Gasteiger partial charge in [0.2, 0.25) is 0 Å². The zero-order chi connectivity index (χ0) is 25.3. The lowest BCUT2D eigenvalue weighted by Gasteiger charge is -2.41. The molecule has 4 rings (SSSR count). The van der Waals surface area contributed by atoms with Crippen LogP contribution >= 0.6 is 11.6 Å². The smallest absolute Gasteiger partial charge is 0.395 e. The van der Waals surface area contributed by atoms with E-state index >= 15 is 0 Å². The molecule has 35 heavy (non-hydrogen) atoms. The van der Waals surface area contributed by atoms with Gasteiger partial charge in [-0.15, -0.1) is 0 Å². The molecule has 1 amide bonds. The molecular formula is C25H32ClF3N4O2. The maximum atomic E-state index is 12.9. The van der Waals surface area contributed by atoms with Crippen molar-refractivity contribution < 1.29 is 22.7 Å². The highest BCUT2D eigenvalue weighted by atomic mass is 35.5. The van der Waals surface area contributed by atoms with Crippen LogP contribution in [0.3, 0.4) is 0 Å². The number of anilines is 1. The highest BCUT2D eigenvalue weighted by Gasteiger charge is 2.47. The van der Waals surface area contributed by atoms with E-state index in [9.17, 15) is 18.0 Å². The fourth-order valence-electron chi connectivity index (χ4n) is 4.89. The van der Waals surface area contributed by atoms with Gasteiger partial charge in [-0.2, -0.15) is 18.3 Å². The summed E-state index contributed by atoms with van der Waals surface area (Å²) in [6, 6.07) is 5.21. The predicted molar refractivity (Wildman–Crippen MR) is 130 cm³/mol. The lowest BCUT2D eigenvalue weighted by atomic mass is 9.83. The number of aryl methyl sites for hydroxylation is 1. The second-order valence-corrected chi connectivity index (χ2v) is 10.1. The minimum Gasteiger partial charge on any atom is -0.496 e. The molecule has 1 aliphatic heterocycles. The van der Waals surface area contributed by atoms with Gasteiger partial charge in [-0.05, 0) is 43.7 Å². The van der Waals surface area contributed by atoms with E-state index in [0.717, 1.165) is 18.8 Å². The van der Waals surface area contributed by atoms with E-state index in [1.807, 2.05) is 6.92 Å². The van der Waals surface area contributed by atoms with Crippen molar-refractivity contribution in [3.8, 4) is 17.0 Å². The van der Waals surface area contributed by atoms with Gasteiger partial charge in [0, 0.05) is 43.5 Å². The molecular weight excluding hydrogens is 481 g/mol. The summed E-state index contributed by atoms with van der Waals surface area (Å²) in [4.78, 5) is 14.6. The van der Waals surface area contributed by atoms with Crippen molar-refractivity contribution in [2.24, 2.45) is 17.8 Å². The summed E-state index contributed by atoms with van der Waals surface area (Å²) in [7, 11) is 1.50. The molecule has 2 fully saturated rings. The number of carbonyl (C=O) groups excluding carboxylic acids is 1. The Morgan fingerprint density at radius 3 is 2.51 bits per heavy atom. The molecule has 2 heterocycles. The van der Waals surface area contributed by atoms with E-state index in [4.69, 9.17) is 16.3 Å². The van der Waals surface area contributed by atoms with E-state index in [0.29, 0.717) is 41.7 Å². The molecule has 0 spiro atoms. The zero-order valence-electron chi connectivity index (χ0n) is 20.3. The van der Waals surface area contributed by atoms with Crippen molar-refractivity contribution in [2.45, 2.75) is 52.3 Å². The predicted octanol–water partition coefficient (Wildman–Crippen LogP) is 5.79.